The number of nitrogens with one attached hydrogen (secondary N) is 1. The number of amides is 1. The molecule has 4 nitrogen and oxygen atoms in total. The van der Waals surface area contributed by atoms with Crippen LogP contribution >= 0.6 is 0 Å². The van der Waals surface area contributed by atoms with E-state index in [1.165, 1.54) is 6.08 Å². The number of carbonyl (C=O) groups excluding carboxylic acids is 1. The summed E-state index contributed by atoms with van der Waals surface area (Å²) in [5.41, 5.74) is 2.60. The van der Waals surface area contributed by atoms with E-state index in [1.54, 1.807) is 19.9 Å². The summed E-state index contributed by atoms with van der Waals surface area (Å²) in [5, 5.41) is 2.55. The molecule has 0 bridgehead atoms. The van der Waals surface area contributed by atoms with Gasteiger partial charge in [-0.05, 0) is 30.7 Å². The average molecular weight is 344 g/mol. The molecular formula is C20H25FN2O2. The maximum absolute atomic E-state index is 14.6. The minimum absolute atomic E-state index is 0.189. The van der Waals surface area contributed by atoms with Crippen molar-refractivity contribution in [1.29, 1.82) is 0 Å². The lowest BCUT2D eigenvalue weighted by Gasteiger charge is -2.29. The van der Waals surface area contributed by atoms with E-state index >= 15 is 0 Å². The summed E-state index contributed by atoms with van der Waals surface area (Å²) in [6, 6.07) is 7.79. The quantitative estimate of drug-likeness (QED) is 0.798. The maximum Gasteiger partial charge on any atom is 0.224 e. The van der Waals surface area contributed by atoms with Crippen LogP contribution in [-0.2, 0) is 9.53 Å². The second kappa shape index (κ2) is 9.18. The van der Waals surface area contributed by atoms with E-state index in [2.05, 4.69) is 16.8 Å². The molecule has 0 aromatic heterocycles. The first-order chi connectivity index (χ1) is 12.0. The largest absolute Gasteiger partial charge is 0.378 e. The molecule has 0 radical (unpaired) electrons. The van der Waals surface area contributed by atoms with Crippen LogP contribution in [0.1, 0.15) is 25.8 Å². The summed E-state index contributed by atoms with van der Waals surface area (Å²) in [5.74, 6) is -0.617. The van der Waals surface area contributed by atoms with Crippen molar-refractivity contribution in [3.63, 3.8) is 0 Å². The van der Waals surface area contributed by atoms with Crippen molar-refractivity contribution in [3.8, 4) is 0 Å². The predicted molar refractivity (Wildman–Crippen MR) is 99.9 cm³/mol. The Morgan fingerprint density at radius 1 is 1.32 bits per heavy atom. The maximum atomic E-state index is 14.6. The molecule has 0 spiro atoms. The Kier molecular flexibility index (Phi) is 6.95. The Labute approximate surface area is 148 Å². The van der Waals surface area contributed by atoms with Gasteiger partial charge in [-0.25, -0.2) is 4.39 Å². The summed E-state index contributed by atoms with van der Waals surface area (Å²) in [7, 11) is 0. The molecular weight excluding hydrogens is 319 g/mol. The van der Waals surface area contributed by atoms with E-state index in [4.69, 9.17) is 4.74 Å². The molecule has 1 saturated heterocycles. The molecule has 134 valence electrons. The number of hydrogen-bond acceptors (Lipinski definition) is 3. The molecule has 1 N–H and O–H groups in total. The van der Waals surface area contributed by atoms with Gasteiger partial charge in [-0.2, -0.15) is 0 Å². The Hall–Kier alpha value is -2.40. The number of anilines is 1. The van der Waals surface area contributed by atoms with Crippen LogP contribution in [0.5, 0.6) is 0 Å². The first-order valence-electron chi connectivity index (χ1n) is 8.51. The monoisotopic (exact) mass is 344 g/mol. The molecule has 0 aliphatic carbocycles. The van der Waals surface area contributed by atoms with Crippen molar-refractivity contribution in [2.24, 2.45) is 0 Å². The third-order valence-electron chi connectivity index (χ3n) is 4.02. The molecule has 1 aromatic rings. The van der Waals surface area contributed by atoms with Gasteiger partial charge >= 0.3 is 0 Å². The molecule has 25 heavy (non-hydrogen) atoms. The van der Waals surface area contributed by atoms with E-state index in [0.29, 0.717) is 12.0 Å². The van der Waals surface area contributed by atoms with Crippen molar-refractivity contribution < 1.29 is 13.9 Å². The Morgan fingerprint density at radius 2 is 1.96 bits per heavy atom. The highest BCUT2D eigenvalue weighted by molar-refractivity contribution is 5.80. The SMILES string of the molecule is C=C(/C=C(F)\C(=C/C)c1ccc(N2CCOCC2)cc1)NC(=O)CC. The molecule has 0 atom stereocenters. The second-order valence-corrected chi connectivity index (χ2v) is 5.77. The lowest BCUT2D eigenvalue weighted by molar-refractivity contribution is -0.119. The number of halogens is 1. The van der Waals surface area contributed by atoms with Gasteiger partial charge in [0.1, 0.15) is 5.83 Å². The molecule has 2 rings (SSSR count). The number of nitrogens with zero attached hydrogens (tertiary/aromatic N) is 1. The third-order valence-corrected chi connectivity index (χ3v) is 4.02. The van der Waals surface area contributed by atoms with Crippen LogP contribution in [0, 0.1) is 0 Å². The van der Waals surface area contributed by atoms with E-state index in [0.717, 1.165) is 37.6 Å². The first-order valence-corrected chi connectivity index (χ1v) is 8.51. The lowest BCUT2D eigenvalue weighted by Crippen LogP contribution is -2.36. The van der Waals surface area contributed by atoms with Crippen molar-refractivity contribution >= 4 is 17.2 Å². The van der Waals surface area contributed by atoms with E-state index in [1.807, 2.05) is 24.3 Å². The van der Waals surface area contributed by atoms with Gasteiger partial charge in [0.2, 0.25) is 5.91 Å². The molecule has 0 saturated carbocycles. The van der Waals surface area contributed by atoms with Gasteiger partial charge in [0.15, 0.2) is 0 Å². The summed E-state index contributed by atoms with van der Waals surface area (Å²) in [6.07, 6.45) is 3.29. The fourth-order valence-electron chi connectivity index (χ4n) is 2.65. The summed E-state index contributed by atoms with van der Waals surface area (Å²) in [6.45, 7) is 10.4. The molecule has 1 heterocycles. The summed E-state index contributed by atoms with van der Waals surface area (Å²) >= 11 is 0. The zero-order valence-electron chi connectivity index (χ0n) is 14.8. The van der Waals surface area contributed by atoms with Gasteiger partial charge in [0.05, 0.1) is 13.2 Å². The van der Waals surface area contributed by atoms with Gasteiger partial charge in [-0.1, -0.05) is 31.7 Å². The smallest absolute Gasteiger partial charge is 0.224 e. The zero-order valence-corrected chi connectivity index (χ0v) is 14.8. The molecule has 1 fully saturated rings. The standard InChI is InChI=1S/C20H25FN2O2/c1-4-18(19(21)14-15(3)22-20(24)5-2)16-6-8-17(9-7-16)23-10-12-25-13-11-23/h4,6-9,14H,3,5,10-13H2,1-2H3,(H,22,24)/b18-4-,19-14+. The number of ether oxygens (including phenoxy) is 1. The van der Waals surface area contributed by atoms with Crippen molar-refractivity contribution in [3.05, 3.63) is 60.1 Å². The molecule has 0 unspecified atom stereocenters. The van der Waals surface area contributed by atoms with Crippen LogP contribution in [0.2, 0.25) is 0 Å². The number of hydrogen-bond donors (Lipinski definition) is 1. The van der Waals surface area contributed by atoms with E-state index in [9.17, 15) is 9.18 Å². The highest BCUT2D eigenvalue weighted by atomic mass is 19.1. The van der Waals surface area contributed by atoms with Gasteiger partial charge < -0.3 is 15.0 Å². The molecule has 1 aliphatic rings. The Balaban J connectivity index is 2.11. The van der Waals surface area contributed by atoms with Gasteiger partial charge in [-0.3, -0.25) is 4.79 Å². The zero-order chi connectivity index (χ0) is 18.2. The molecule has 5 heteroatoms. The Bertz CT molecular complexity index is 671. The number of rotatable bonds is 6. The highest BCUT2D eigenvalue weighted by Gasteiger charge is 2.12. The molecule has 1 aromatic carbocycles. The van der Waals surface area contributed by atoms with Crippen LogP contribution in [-0.4, -0.2) is 32.2 Å². The normalized spacial score (nSPS) is 15.9. The number of benzene rings is 1. The average Bonchev–Trinajstić information content (AvgIpc) is 2.63. The number of allylic oxidation sites excluding steroid dienone is 4. The fraction of sp³-hybridized carbons (Fsp3) is 0.350. The fourth-order valence-corrected chi connectivity index (χ4v) is 2.65. The number of carbonyl (C=O) groups is 1. The summed E-state index contributed by atoms with van der Waals surface area (Å²) < 4.78 is 19.9. The van der Waals surface area contributed by atoms with Gasteiger partial charge in [-0.15, -0.1) is 0 Å². The second-order valence-electron chi connectivity index (χ2n) is 5.77. The van der Waals surface area contributed by atoms with Crippen molar-refractivity contribution in [2.45, 2.75) is 20.3 Å². The topological polar surface area (TPSA) is 41.6 Å². The minimum atomic E-state index is -0.428. The minimum Gasteiger partial charge on any atom is -0.378 e. The van der Waals surface area contributed by atoms with Crippen LogP contribution in [0.25, 0.3) is 5.57 Å². The van der Waals surface area contributed by atoms with Crippen molar-refractivity contribution in [1.82, 2.24) is 5.32 Å². The van der Waals surface area contributed by atoms with Crippen LogP contribution < -0.4 is 10.2 Å². The summed E-state index contributed by atoms with van der Waals surface area (Å²) in [4.78, 5) is 13.6. The highest BCUT2D eigenvalue weighted by Crippen LogP contribution is 2.27. The van der Waals surface area contributed by atoms with Crippen LogP contribution in [0.15, 0.2) is 54.5 Å². The van der Waals surface area contributed by atoms with Crippen LogP contribution in [0.4, 0.5) is 10.1 Å². The van der Waals surface area contributed by atoms with Gasteiger partial charge in [0.25, 0.3) is 0 Å². The third kappa shape index (κ3) is 5.29. The molecule has 1 amide bonds. The molecule has 1 aliphatic heterocycles. The number of morpholine rings is 1. The Morgan fingerprint density at radius 3 is 2.52 bits per heavy atom. The van der Waals surface area contributed by atoms with Gasteiger partial charge in [0, 0.05) is 36.5 Å². The predicted octanol–water partition coefficient (Wildman–Crippen LogP) is 3.82. The van der Waals surface area contributed by atoms with E-state index in [-0.39, 0.29) is 11.6 Å². The lowest BCUT2D eigenvalue weighted by atomic mass is 10.0. The van der Waals surface area contributed by atoms with Crippen LogP contribution in [0.3, 0.4) is 0 Å². The van der Waals surface area contributed by atoms with E-state index < -0.39 is 5.83 Å². The first kappa shape index (κ1) is 18.9. The van der Waals surface area contributed by atoms with Crippen molar-refractivity contribution in [2.75, 3.05) is 31.2 Å².